The molecule has 2 aliphatic rings. The molecule has 4 nitrogen and oxygen atoms in total. The van der Waals surface area contributed by atoms with E-state index in [4.69, 9.17) is 0 Å². The van der Waals surface area contributed by atoms with Crippen LogP contribution in [-0.4, -0.2) is 34.7 Å². The first-order chi connectivity index (χ1) is 10.3. The average molecular weight is 288 g/mol. The van der Waals surface area contributed by atoms with Crippen LogP contribution in [0.3, 0.4) is 0 Å². The van der Waals surface area contributed by atoms with Crippen LogP contribution in [-0.2, 0) is 0 Å². The molecule has 1 saturated carbocycles. The van der Waals surface area contributed by atoms with Gasteiger partial charge in [-0.05, 0) is 31.7 Å². The SMILES string of the molecule is O/N=C1/CCCN(C2CCCCCC2O)c2ccccc21. The maximum absolute atomic E-state index is 10.5. The third kappa shape index (κ3) is 2.91. The normalized spacial score (nSPS) is 28.8. The molecule has 4 heteroatoms. The number of nitrogens with zero attached hydrogens (tertiary/aromatic N) is 2. The second kappa shape index (κ2) is 6.48. The van der Waals surface area contributed by atoms with Gasteiger partial charge in [0.25, 0.3) is 0 Å². The van der Waals surface area contributed by atoms with Gasteiger partial charge in [-0.2, -0.15) is 0 Å². The average Bonchev–Trinajstić information content (AvgIpc) is 2.83. The van der Waals surface area contributed by atoms with Crippen molar-refractivity contribution in [2.75, 3.05) is 11.4 Å². The molecule has 0 radical (unpaired) electrons. The van der Waals surface area contributed by atoms with E-state index < -0.39 is 0 Å². The summed E-state index contributed by atoms with van der Waals surface area (Å²) >= 11 is 0. The van der Waals surface area contributed by atoms with Crippen LogP contribution in [0.15, 0.2) is 29.4 Å². The van der Waals surface area contributed by atoms with Crippen molar-refractivity contribution in [1.29, 1.82) is 0 Å². The fourth-order valence-electron chi connectivity index (χ4n) is 3.72. The summed E-state index contributed by atoms with van der Waals surface area (Å²) in [4.78, 5) is 2.35. The quantitative estimate of drug-likeness (QED) is 0.474. The number of fused-ring (bicyclic) bond motifs is 1. The lowest BCUT2D eigenvalue weighted by molar-refractivity contribution is 0.132. The van der Waals surface area contributed by atoms with E-state index in [1.807, 2.05) is 18.2 Å². The standard InChI is InChI=1S/C17H24N2O2/c20-17-11-3-1-2-10-16(17)19-12-6-8-14(18-21)13-7-4-5-9-15(13)19/h4-5,7,9,16-17,20-21H,1-3,6,8,10-12H2/b18-14-. The second-order valence-electron chi connectivity index (χ2n) is 6.13. The molecule has 114 valence electrons. The van der Waals surface area contributed by atoms with Gasteiger partial charge in [0.05, 0.1) is 17.9 Å². The van der Waals surface area contributed by atoms with Crippen molar-refractivity contribution in [3.63, 3.8) is 0 Å². The van der Waals surface area contributed by atoms with Gasteiger partial charge in [-0.1, -0.05) is 42.6 Å². The number of rotatable bonds is 1. The number of oxime groups is 1. The minimum atomic E-state index is -0.256. The molecule has 0 saturated heterocycles. The lowest BCUT2D eigenvalue weighted by Crippen LogP contribution is -2.43. The number of aliphatic hydroxyl groups is 1. The van der Waals surface area contributed by atoms with Crippen LogP contribution in [0.4, 0.5) is 5.69 Å². The predicted molar refractivity (Wildman–Crippen MR) is 84.2 cm³/mol. The zero-order valence-corrected chi connectivity index (χ0v) is 12.4. The molecule has 1 fully saturated rings. The smallest absolute Gasteiger partial charge is 0.0889 e. The van der Waals surface area contributed by atoms with Gasteiger partial charge in [-0.3, -0.25) is 0 Å². The zero-order chi connectivity index (χ0) is 14.7. The minimum Gasteiger partial charge on any atom is -0.411 e. The predicted octanol–water partition coefficient (Wildman–Crippen LogP) is 3.16. The summed E-state index contributed by atoms with van der Waals surface area (Å²) in [5.74, 6) is 0. The Kier molecular flexibility index (Phi) is 4.44. The third-order valence-corrected chi connectivity index (χ3v) is 4.80. The molecule has 0 aromatic heterocycles. The summed E-state index contributed by atoms with van der Waals surface area (Å²) in [6.45, 7) is 0.914. The molecule has 1 heterocycles. The number of hydrogen-bond acceptors (Lipinski definition) is 4. The first-order valence-corrected chi connectivity index (χ1v) is 8.06. The number of benzene rings is 1. The molecule has 0 bridgehead atoms. The first kappa shape index (κ1) is 14.4. The molecule has 0 amide bonds. The fraction of sp³-hybridized carbons (Fsp3) is 0.588. The van der Waals surface area contributed by atoms with Gasteiger partial charge in [-0.15, -0.1) is 0 Å². The first-order valence-electron chi connectivity index (χ1n) is 8.06. The molecule has 3 rings (SSSR count). The van der Waals surface area contributed by atoms with Gasteiger partial charge in [-0.25, -0.2) is 0 Å². The highest BCUT2D eigenvalue weighted by molar-refractivity contribution is 6.05. The summed E-state index contributed by atoms with van der Waals surface area (Å²) in [6, 6.07) is 8.30. The molecular formula is C17H24N2O2. The van der Waals surface area contributed by atoms with Crippen LogP contribution in [0, 0.1) is 0 Å². The monoisotopic (exact) mass is 288 g/mol. The summed E-state index contributed by atoms with van der Waals surface area (Å²) in [5.41, 5.74) is 2.87. The Balaban J connectivity index is 1.97. The second-order valence-corrected chi connectivity index (χ2v) is 6.13. The number of anilines is 1. The number of aliphatic hydroxyl groups excluding tert-OH is 1. The number of hydrogen-bond donors (Lipinski definition) is 2. The van der Waals surface area contributed by atoms with Crippen molar-refractivity contribution < 1.29 is 10.3 Å². The molecule has 2 atom stereocenters. The highest BCUT2D eigenvalue weighted by Crippen LogP contribution is 2.32. The van der Waals surface area contributed by atoms with Crippen molar-refractivity contribution in [1.82, 2.24) is 0 Å². The van der Waals surface area contributed by atoms with E-state index in [0.717, 1.165) is 55.6 Å². The summed E-state index contributed by atoms with van der Waals surface area (Å²) < 4.78 is 0. The Morgan fingerprint density at radius 1 is 1.05 bits per heavy atom. The highest BCUT2D eigenvalue weighted by atomic mass is 16.4. The Morgan fingerprint density at radius 2 is 1.86 bits per heavy atom. The molecule has 2 N–H and O–H groups in total. The van der Waals surface area contributed by atoms with Gasteiger partial charge in [0.2, 0.25) is 0 Å². The van der Waals surface area contributed by atoms with E-state index in [2.05, 4.69) is 16.1 Å². The maximum atomic E-state index is 10.5. The van der Waals surface area contributed by atoms with E-state index in [9.17, 15) is 10.3 Å². The molecule has 1 aromatic carbocycles. The Bertz CT molecular complexity index is 515. The number of para-hydroxylation sites is 1. The van der Waals surface area contributed by atoms with Crippen molar-refractivity contribution in [3.8, 4) is 0 Å². The minimum absolute atomic E-state index is 0.187. The summed E-state index contributed by atoms with van der Waals surface area (Å²) in [7, 11) is 0. The van der Waals surface area contributed by atoms with Gasteiger partial charge in [0, 0.05) is 17.8 Å². The Labute approximate surface area is 126 Å². The van der Waals surface area contributed by atoms with Crippen molar-refractivity contribution in [2.24, 2.45) is 5.16 Å². The lowest BCUT2D eigenvalue weighted by Gasteiger charge is -2.36. The van der Waals surface area contributed by atoms with Crippen LogP contribution < -0.4 is 4.90 Å². The maximum Gasteiger partial charge on any atom is 0.0889 e. The van der Waals surface area contributed by atoms with Gasteiger partial charge in [0.15, 0.2) is 0 Å². The summed E-state index contributed by atoms with van der Waals surface area (Å²) in [5, 5.41) is 23.3. The van der Waals surface area contributed by atoms with Gasteiger partial charge in [0.1, 0.15) is 0 Å². The van der Waals surface area contributed by atoms with E-state index >= 15 is 0 Å². The molecule has 1 aliphatic heterocycles. The van der Waals surface area contributed by atoms with Crippen molar-refractivity contribution in [3.05, 3.63) is 29.8 Å². The Morgan fingerprint density at radius 3 is 2.71 bits per heavy atom. The van der Waals surface area contributed by atoms with Crippen LogP contribution in [0.2, 0.25) is 0 Å². The highest BCUT2D eigenvalue weighted by Gasteiger charge is 2.30. The molecule has 0 spiro atoms. The summed E-state index contributed by atoms with van der Waals surface area (Å²) in [6.07, 6.45) is 6.94. The molecule has 2 unspecified atom stereocenters. The van der Waals surface area contributed by atoms with Crippen LogP contribution in [0.1, 0.15) is 50.5 Å². The molecule has 1 aromatic rings. The third-order valence-electron chi connectivity index (χ3n) is 4.80. The van der Waals surface area contributed by atoms with Gasteiger partial charge >= 0.3 is 0 Å². The fourth-order valence-corrected chi connectivity index (χ4v) is 3.72. The van der Waals surface area contributed by atoms with Crippen LogP contribution in [0.5, 0.6) is 0 Å². The zero-order valence-electron chi connectivity index (χ0n) is 12.4. The van der Waals surface area contributed by atoms with Crippen LogP contribution in [0.25, 0.3) is 0 Å². The van der Waals surface area contributed by atoms with Crippen LogP contribution >= 0.6 is 0 Å². The van der Waals surface area contributed by atoms with Crippen molar-refractivity contribution in [2.45, 2.75) is 57.1 Å². The van der Waals surface area contributed by atoms with E-state index in [1.165, 1.54) is 12.8 Å². The van der Waals surface area contributed by atoms with Crippen molar-refractivity contribution >= 4 is 11.4 Å². The lowest BCUT2D eigenvalue weighted by atomic mass is 10.0. The van der Waals surface area contributed by atoms with E-state index in [-0.39, 0.29) is 12.1 Å². The topological polar surface area (TPSA) is 56.1 Å². The largest absolute Gasteiger partial charge is 0.411 e. The molecular weight excluding hydrogens is 264 g/mol. The van der Waals surface area contributed by atoms with E-state index in [0.29, 0.717) is 0 Å². The molecule has 1 aliphatic carbocycles. The molecule has 21 heavy (non-hydrogen) atoms. The van der Waals surface area contributed by atoms with Gasteiger partial charge < -0.3 is 15.2 Å². The van der Waals surface area contributed by atoms with E-state index in [1.54, 1.807) is 0 Å². The Hall–Kier alpha value is -1.55.